The summed E-state index contributed by atoms with van der Waals surface area (Å²) in [6, 6.07) is 9.11. The van der Waals surface area contributed by atoms with Crippen molar-refractivity contribution in [2.45, 2.75) is 31.2 Å². The summed E-state index contributed by atoms with van der Waals surface area (Å²) in [5.41, 5.74) is 1.21. The van der Waals surface area contributed by atoms with E-state index in [2.05, 4.69) is 17.4 Å². The van der Waals surface area contributed by atoms with Gasteiger partial charge in [-0.15, -0.1) is 0 Å². The quantitative estimate of drug-likeness (QED) is 0.837. The van der Waals surface area contributed by atoms with E-state index in [1.807, 2.05) is 18.2 Å². The molecule has 2 aliphatic heterocycles. The number of nitrogens with one attached hydrogen (secondary N) is 1. The third-order valence-corrected chi connectivity index (χ3v) is 4.67. The molecule has 6 nitrogen and oxygen atoms in total. The van der Waals surface area contributed by atoms with Gasteiger partial charge in [-0.1, -0.05) is 30.3 Å². The van der Waals surface area contributed by atoms with Crippen LogP contribution in [-0.2, 0) is 9.59 Å². The van der Waals surface area contributed by atoms with Crippen LogP contribution >= 0.6 is 0 Å². The van der Waals surface area contributed by atoms with E-state index in [-0.39, 0.29) is 30.2 Å². The van der Waals surface area contributed by atoms with Crippen molar-refractivity contribution in [2.24, 2.45) is 0 Å². The first kappa shape index (κ1) is 15.5. The second-order valence-electron chi connectivity index (χ2n) is 6.08. The highest BCUT2D eigenvalue weighted by Crippen LogP contribution is 2.29. The summed E-state index contributed by atoms with van der Waals surface area (Å²) in [5.74, 6) is -0.274. The van der Waals surface area contributed by atoms with Crippen LogP contribution in [0, 0.1) is 0 Å². The average molecular weight is 315 g/mol. The lowest BCUT2D eigenvalue weighted by Crippen LogP contribution is -2.64. The fourth-order valence-electron chi connectivity index (χ4n) is 3.33. The van der Waals surface area contributed by atoms with Crippen LogP contribution in [0.3, 0.4) is 0 Å². The minimum Gasteiger partial charge on any atom is -0.357 e. The Morgan fingerprint density at radius 1 is 1.22 bits per heavy atom. The molecule has 0 bridgehead atoms. The van der Waals surface area contributed by atoms with Gasteiger partial charge in [-0.2, -0.15) is 0 Å². The van der Waals surface area contributed by atoms with Crippen LogP contribution in [0.5, 0.6) is 0 Å². The first-order chi connectivity index (χ1) is 11.1. The fourth-order valence-corrected chi connectivity index (χ4v) is 3.33. The van der Waals surface area contributed by atoms with E-state index in [0.29, 0.717) is 13.1 Å². The molecule has 0 spiro atoms. The van der Waals surface area contributed by atoms with Crippen molar-refractivity contribution < 1.29 is 14.4 Å². The monoisotopic (exact) mass is 315 g/mol. The Kier molecular flexibility index (Phi) is 4.32. The zero-order valence-corrected chi connectivity index (χ0v) is 13.2. The van der Waals surface area contributed by atoms with E-state index in [4.69, 9.17) is 0 Å². The summed E-state index contributed by atoms with van der Waals surface area (Å²) in [5, 5.41) is 2.51. The number of carbonyl (C=O) groups excluding carboxylic acids is 3. The Morgan fingerprint density at radius 2 is 1.96 bits per heavy atom. The number of amides is 4. The van der Waals surface area contributed by atoms with Gasteiger partial charge in [0.05, 0.1) is 6.42 Å². The molecule has 0 aliphatic carbocycles. The summed E-state index contributed by atoms with van der Waals surface area (Å²) in [7, 11) is 1.51. The smallest absolute Gasteiger partial charge is 0.327 e. The lowest BCUT2D eigenvalue weighted by atomic mass is 9.90. The number of imide groups is 1. The van der Waals surface area contributed by atoms with Crippen molar-refractivity contribution in [3.8, 4) is 0 Å². The summed E-state index contributed by atoms with van der Waals surface area (Å²) in [4.78, 5) is 39.0. The molecule has 122 valence electrons. The number of nitrogens with zero attached hydrogens (tertiary/aromatic N) is 2. The third kappa shape index (κ3) is 2.93. The molecule has 4 amide bonds. The van der Waals surface area contributed by atoms with Crippen molar-refractivity contribution in [2.75, 3.05) is 20.1 Å². The van der Waals surface area contributed by atoms with Crippen molar-refractivity contribution >= 4 is 17.8 Å². The van der Waals surface area contributed by atoms with Gasteiger partial charge in [0.1, 0.15) is 6.04 Å². The summed E-state index contributed by atoms with van der Waals surface area (Å²) in [6.07, 6.45) is 2.04. The van der Waals surface area contributed by atoms with Gasteiger partial charge in [0, 0.05) is 26.1 Å². The first-order valence-corrected chi connectivity index (χ1v) is 7.99. The van der Waals surface area contributed by atoms with Crippen LogP contribution in [0.2, 0.25) is 0 Å². The number of benzene rings is 1. The molecule has 2 aliphatic rings. The van der Waals surface area contributed by atoms with Crippen molar-refractivity contribution in [3.63, 3.8) is 0 Å². The van der Waals surface area contributed by atoms with Gasteiger partial charge in [0.2, 0.25) is 11.8 Å². The van der Waals surface area contributed by atoms with Gasteiger partial charge in [-0.05, 0) is 18.4 Å². The highest BCUT2D eigenvalue weighted by atomic mass is 16.2. The number of hydrogen-bond acceptors (Lipinski definition) is 3. The molecule has 2 atom stereocenters. The molecule has 2 fully saturated rings. The molecule has 2 saturated heterocycles. The number of β-lactam (4-membered cyclic amide) rings is 1. The second kappa shape index (κ2) is 6.40. The Hall–Kier alpha value is -2.37. The molecule has 1 N–H and O–H groups in total. The number of hydrogen-bond donors (Lipinski definition) is 1. The van der Waals surface area contributed by atoms with Gasteiger partial charge in [-0.25, -0.2) is 4.79 Å². The number of urea groups is 1. The summed E-state index contributed by atoms with van der Waals surface area (Å²) in [6.45, 7) is 1.22. The minimum absolute atomic E-state index is 0.112. The second-order valence-corrected chi connectivity index (χ2v) is 6.08. The standard InChI is InChI=1S/C17H21N3O3/c1-18-16(22)14-10-15(21)20(14)17(23)19-9-5-8-13(11-19)12-6-3-2-4-7-12/h2-4,6-7,13-14H,5,8-11H2,1H3,(H,18,22)/t13-,14+/m1/s1. The van der Waals surface area contributed by atoms with Gasteiger partial charge in [0.15, 0.2) is 0 Å². The first-order valence-electron chi connectivity index (χ1n) is 7.99. The largest absolute Gasteiger partial charge is 0.357 e. The number of likely N-dealkylation sites (tertiary alicyclic amines) is 2. The van der Waals surface area contributed by atoms with Gasteiger partial charge in [-0.3, -0.25) is 14.5 Å². The molecular weight excluding hydrogens is 294 g/mol. The van der Waals surface area contributed by atoms with Gasteiger partial charge in [0.25, 0.3) is 0 Å². The zero-order valence-electron chi connectivity index (χ0n) is 13.2. The van der Waals surface area contributed by atoms with Crippen LogP contribution in [0.25, 0.3) is 0 Å². The molecule has 23 heavy (non-hydrogen) atoms. The topological polar surface area (TPSA) is 69.7 Å². The molecule has 0 aromatic heterocycles. The molecule has 2 heterocycles. The van der Waals surface area contributed by atoms with Crippen LogP contribution in [0.15, 0.2) is 30.3 Å². The normalized spacial score (nSPS) is 24.1. The number of likely N-dealkylation sites (N-methyl/N-ethyl adjacent to an activating group) is 1. The van der Waals surface area contributed by atoms with E-state index in [1.54, 1.807) is 4.90 Å². The van der Waals surface area contributed by atoms with E-state index in [1.165, 1.54) is 12.6 Å². The minimum atomic E-state index is -0.655. The lowest BCUT2D eigenvalue weighted by Gasteiger charge is -2.42. The molecule has 6 heteroatoms. The molecular formula is C17H21N3O3. The van der Waals surface area contributed by atoms with Gasteiger partial charge >= 0.3 is 6.03 Å². The third-order valence-electron chi connectivity index (χ3n) is 4.67. The average Bonchev–Trinajstić information content (AvgIpc) is 2.59. The summed E-state index contributed by atoms with van der Waals surface area (Å²) < 4.78 is 0. The highest BCUT2D eigenvalue weighted by Gasteiger charge is 2.47. The number of piperidine rings is 1. The summed E-state index contributed by atoms with van der Waals surface area (Å²) >= 11 is 0. The van der Waals surface area contributed by atoms with Crippen molar-refractivity contribution in [1.82, 2.24) is 15.1 Å². The van der Waals surface area contributed by atoms with Crippen molar-refractivity contribution in [1.29, 1.82) is 0 Å². The SMILES string of the molecule is CNC(=O)[C@@H]1CC(=O)N1C(=O)N1CCC[C@@H](c2ccccc2)C1. The lowest BCUT2D eigenvalue weighted by molar-refractivity contribution is -0.149. The van der Waals surface area contributed by atoms with Crippen LogP contribution in [-0.4, -0.2) is 53.8 Å². The fraction of sp³-hybridized carbons (Fsp3) is 0.471. The predicted octanol–water partition coefficient (Wildman–Crippen LogP) is 1.33. The van der Waals surface area contributed by atoms with E-state index < -0.39 is 6.04 Å². The molecule has 0 saturated carbocycles. The number of carbonyl (C=O) groups is 3. The van der Waals surface area contributed by atoms with Crippen LogP contribution in [0.1, 0.15) is 30.7 Å². The molecule has 1 aromatic carbocycles. The maximum Gasteiger partial charge on any atom is 0.327 e. The maximum absolute atomic E-state index is 12.6. The molecule has 3 rings (SSSR count). The van der Waals surface area contributed by atoms with Crippen LogP contribution < -0.4 is 5.32 Å². The number of rotatable bonds is 2. The highest BCUT2D eigenvalue weighted by molar-refractivity contribution is 6.07. The van der Waals surface area contributed by atoms with Crippen molar-refractivity contribution in [3.05, 3.63) is 35.9 Å². The zero-order chi connectivity index (χ0) is 16.4. The Bertz CT molecular complexity index is 617. The molecule has 1 aromatic rings. The Labute approximate surface area is 135 Å². The predicted molar refractivity (Wildman–Crippen MR) is 84.7 cm³/mol. The molecule has 0 radical (unpaired) electrons. The Morgan fingerprint density at radius 3 is 2.61 bits per heavy atom. The van der Waals surface area contributed by atoms with E-state index in [9.17, 15) is 14.4 Å². The Balaban J connectivity index is 1.70. The van der Waals surface area contributed by atoms with E-state index >= 15 is 0 Å². The van der Waals surface area contributed by atoms with Crippen LogP contribution in [0.4, 0.5) is 4.79 Å². The molecule has 0 unspecified atom stereocenters. The maximum atomic E-state index is 12.6. The van der Waals surface area contributed by atoms with E-state index in [0.717, 1.165) is 17.7 Å². The van der Waals surface area contributed by atoms with Gasteiger partial charge < -0.3 is 10.2 Å².